The summed E-state index contributed by atoms with van der Waals surface area (Å²) in [5.74, 6) is 1.09. The number of aromatic hydroxyl groups is 1. The van der Waals surface area contributed by atoms with Gasteiger partial charge < -0.3 is 43.5 Å². The molecule has 2 aromatic rings. The SMILES string of the molecule is COc1c(C)c(OC)c(OC)c2c1CC1C(=O)N3C(C(O)c4c(O)c(C)c(OC)c(OC)c4[C@@H]3COC(=O)C(C)(C)C)C2N1C. The Morgan fingerprint density at radius 2 is 1.38 bits per heavy atom. The number of hydrogen-bond donors (Lipinski definition) is 2. The summed E-state index contributed by atoms with van der Waals surface area (Å²) in [4.78, 5) is 31.2. The number of benzene rings is 2. The van der Waals surface area contributed by atoms with Crippen LogP contribution in [0.25, 0.3) is 0 Å². The van der Waals surface area contributed by atoms with Crippen molar-refractivity contribution in [3.63, 3.8) is 0 Å². The number of aliphatic hydroxyl groups excluding tert-OH is 1. The number of piperazine rings is 1. The number of hydrogen-bond acceptors (Lipinski definition) is 11. The largest absolute Gasteiger partial charge is 0.507 e. The van der Waals surface area contributed by atoms with Crippen molar-refractivity contribution in [1.82, 2.24) is 9.80 Å². The molecule has 1 fully saturated rings. The molecular weight excluding hydrogens is 584 g/mol. The molecule has 12 heteroatoms. The Morgan fingerprint density at radius 3 is 1.91 bits per heavy atom. The lowest BCUT2D eigenvalue weighted by Gasteiger charge is -2.58. The smallest absolute Gasteiger partial charge is 0.311 e. The molecule has 5 rings (SSSR count). The minimum Gasteiger partial charge on any atom is -0.507 e. The fourth-order valence-corrected chi connectivity index (χ4v) is 7.46. The summed E-state index contributed by atoms with van der Waals surface area (Å²) in [5.41, 5.74) is 2.28. The number of nitrogens with zero attached hydrogens (tertiary/aromatic N) is 2. The van der Waals surface area contributed by atoms with Crippen LogP contribution in [0.5, 0.6) is 34.5 Å². The zero-order valence-electron chi connectivity index (χ0n) is 27.9. The zero-order valence-corrected chi connectivity index (χ0v) is 27.9. The van der Waals surface area contributed by atoms with Crippen LogP contribution in [0.15, 0.2) is 0 Å². The minimum atomic E-state index is -1.39. The third-order valence-electron chi connectivity index (χ3n) is 9.52. The molecule has 3 heterocycles. The van der Waals surface area contributed by atoms with E-state index in [4.69, 9.17) is 28.4 Å². The Labute approximate surface area is 263 Å². The molecule has 3 aliphatic rings. The molecule has 2 aromatic carbocycles. The molecule has 45 heavy (non-hydrogen) atoms. The minimum absolute atomic E-state index is 0.181. The summed E-state index contributed by atoms with van der Waals surface area (Å²) >= 11 is 0. The zero-order chi connectivity index (χ0) is 33.3. The predicted octanol–water partition coefficient (Wildman–Crippen LogP) is 3.54. The number of esters is 1. The van der Waals surface area contributed by atoms with Crippen LogP contribution < -0.4 is 23.7 Å². The quantitative estimate of drug-likeness (QED) is 0.436. The van der Waals surface area contributed by atoms with Crippen LogP contribution in [0.4, 0.5) is 0 Å². The van der Waals surface area contributed by atoms with E-state index in [9.17, 15) is 19.8 Å². The summed E-state index contributed by atoms with van der Waals surface area (Å²) in [6, 6.07) is -3.15. The summed E-state index contributed by atoms with van der Waals surface area (Å²) in [7, 11) is 9.41. The van der Waals surface area contributed by atoms with Gasteiger partial charge in [0.2, 0.25) is 5.91 Å². The van der Waals surface area contributed by atoms with Crippen molar-refractivity contribution in [3.8, 4) is 34.5 Å². The van der Waals surface area contributed by atoms with Gasteiger partial charge in [-0.05, 0) is 41.7 Å². The molecule has 246 valence electrons. The van der Waals surface area contributed by atoms with Crippen LogP contribution in [0, 0.1) is 19.3 Å². The lowest BCUT2D eigenvalue weighted by Crippen LogP contribution is -2.68. The molecular formula is C33H44N2O10. The van der Waals surface area contributed by atoms with Gasteiger partial charge in [-0.2, -0.15) is 0 Å². The van der Waals surface area contributed by atoms with Crippen LogP contribution >= 0.6 is 0 Å². The molecule has 1 saturated heterocycles. The van der Waals surface area contributed by atoms with Crippen LogP contribution in [-0.2, 0) is 20.7 Å². The molecule has 3 aliphatic heterocycles. The molecule has 2 bridgehead atoms. The number of phenols is 1. The molecule has 2 N–H and O–H groups in total. The van der Waals surface area contributed by atoms with Crippen molar-refractivity contribution in [2.75, 3.05) is 49.2 Å². The van der Waals surface area contributed by atoms with E-state index in [1.54, 1.807) is 53.9 Å². The van der Waals surface area contributed by atoms with Gasteiger partial charge in [-0.1, -0.05) is 0 Å². The highest BCUT2D eigenvalue weighted by Crippen LogP contribution is 2.60. The average Bonchev–Trinajstić information content (AvgIpc) is 2.99. The van der Waals surface area contributed by atoms with E-state index >= 15 is 0 Å². The van der Waals surface area contributed by atoms with Gasteiger partial charge in [0.1, 0.15) is 24.2 Å². The second-order valence-electron chi connectivity index (χ2n) is 12.9. The highest BCUT2D eigenvalue weighted by atomic mass is 16.5. The van der Waals surface area contributed by atoms with E-state index in [-0.39, 0.29) is 35.3 Å². The number of carbonyl (C=O) groups is 2. The maximum Gasteiger partial charge on any atom is 0.311 e. The number of carbonyl (C=O) groups excluding carboxylic acids is 2. The van der Waals surface area contributed by atoms with Crippen molar-refractivity contribution < 1.29 is 48.2 Å². The number of aliphatic hydroxyl groups is 1. The van der Waals surface area contributed by atoms with Crippen LogP contribution in [0.2, 0.25) is 0 Å². The number of phenolic OH excluding ortho intramolecular Hbond substituents is 1. The van der Waals surface area contributed by atoms with E-state index in [0.717, 1.165) is 11.1 Å². The van der Waals surface area contributed by atoms with Gasteiger partial charge in [-0.3, -0.25) is 14.5 Å². The van der Waals surface area contributed by atoms with Crippen LogP contribution in [0.3, 0.4) is 0 Å². The number of fused-ring (bicyclic) bond motifs is 7. The Hall–Kier alpha value is -3.90. The monoisotopic (exact) mass is 628 g/mol. The normalized spacial score (nSPS) is 23.9. The topological polar surface area (TPSA) is 136 Å². The highest BCUT2D eigenvalue weighted by Gasteiger charge is 2.59. The molecule has 0 radical (unpaired) electrons. The van der Waals surface area contributed by atoms with Gasteiger partial charge in [0.15, 0.2) is 23.0 Å². The molecule has 5 atom stereocenters. The Morgan fingerprint density at radius 1 is 0.844 bits per heavy atom. The molecule has 0 spiro atoms. The summed E-state index contributed by atoms with van der Waals surface area (Å²) < 4.78 is 35.0. The van der Waals surface area contributed by atoms with Crippen molar-refractivity contribution in [2.45, 2.75) is 71.3 Å². The van der Waals surface area contributed by atoms with Crippen LogP contribution in [-0.4, -0.2) is 93.2 Å². The Kier molecular flexibility index (Phi) is 8.28. The average molecular weight is 629 g/mol. The first-order valence-corrected chi connectivity index (χ1v) is 14.9. The van der Waals surface area contributed by atoms with Gasteiger partial charge in [-0.15, -0.1) is 0 Å². The van der Waals surface area contributed by atoms with Gasteiger partial charge in [-0.25, -0.2) is 0 Å². The molecule has 12 nitrogen and oxygen atoms in total. The molecule has 0 saturated carbocycles. The number of likely N-dealkylation sites (N-methyl/N-ethyl adjacent to an activating group) is 1. The first kappa shape index (κ1) is 32.5. The lowest BCUT2D eigenvalue weighted by atomic mass is 9.72. The van der Waals surface area contributed by atoms with E-state index in [2.05, 4.69) is 0 Å². The van der Waals surface area contributed by atoms with Gasteiger partial charge in [0.05, 0.1) is 65.1 Å². The Bertz CT molecular complexity index is 1550. The van der Waals surface area contributed by atoms with Crippen molar-refractivity contribution >= 4 is 11.9 Å². The third-order valence-corrected chi connectivity index (χ3v) is 9.52. The van der Waals surface area contributed by atoms with E-state index in [1.807, 2.05) is 18.9 Å². The number of methoxy groups -OCH3 is 5. The second-order valence-corrected chi connectivity index (χ2v) is 12.9. The number of rotatable bonds is 7. The summed E-state index contributed by atoms with van der Waals surface area (Å²) in [6.07, 6.45) is -1.09. The first-order chi connectivity index (χ1) is 21.2. The molecule has 0 aliphatic carbocycles. The van der Waals surface area contributed by atoms with E-state index in [1.165, 1.54) is 14.2 Å². The summed E-state index contributed by atoms with van der Waals surface area (Å²) in [5, 5.41) is 24.0. The van der Waals surface area contributed by atoms with Crippen molar-refractivity contribution in [3.05, 3.63) is 33.4 Å². The van der Waals surface area contributed by atoms with E-state index in [0.29, 0.717) is 40.4 Å². The summed E-state index contributed by atoms with van der Waals surface area (Å²) in [6.45, 7) is 8.52. The lowest BCUT2D eigenvalue weighted by molar-refractivity contribution is -0.173. The number of amides is 1. The standard InChI is InChI=1S/C33H44N2O10/c1-14-24(36)21-20(30(44-11)27(14)41-8)18(13-45-32(39)33(3,4)5)35-23(25(21)37)22-19-16(12-17(31(35)38)34(22)6)26(40-7)15(2)28(42-9)29(19)43-10/h17-18,22-23,25,36-37H,12-13H2,1-11H3/t17?,18-,22?,23?,25?/m0/s1. The maximum atomic E-state index is 14.7. The van der Waals surface area contributed by atoms with Gasteiger partial charge in [0.25, 0.3) is 0 Å². The predicted molar refractivity (Wildman–Crippen MR) is 164 cm³/mol. The van der Waals surface area contributed by atoms with Crippen LogP contribution in [0.1, 0.15) is 72.3 Å². The number of ether oxygens (including phenoxy) is 6. The van der Waals surface area contributed by atoms with Gasteiger partial charge >= 0.3 is 5.97 Å². The van der Waals surface area contributed by atoms with E-state index < -0.39 is 41.7 Å². The molecule has 4 unspecified atom stereocenters. The maximum absolute atomic E-state index is 14.7. The van der Waals surface area contributed by atoms with Crippen molar-refractivity contribution in [1.29, 1.82) is 0 Å². The molecule has 0 aromatic heterocycles. The molecule has 1 amide bonds. The van der Waals surface area contributed by atoms with Crippen molar-refractivity contribution in [2.24, 2.45) is 5.41 Å². The highest BCUT2D eigenvalue weighted by molar-refractivity contribution is 5.87. The fraction of sp³-hybridized carbons (Fsp3) is 0.576. The fourth-order valence-electron chi connectivity index (χ4n) is 7.46. The first-order valence-electron chi connectivity index (χ1n) is 14.9. The third kappa shape index (κ3) is 4.55. The second kappa shape index (κ2) is 11.5. The Balaban J connectivity index is 1.84. The van der Waals surface area contributed by atoms with Gasteiger partial charge in [0, 0.05) is 39.8 Å².